The van der Waals surface area contributed by atoms with E-state index in [-0.39, 0.29) is 24.8 Å². The molecule has 0 aromatic heterocycles. The Balaban J connectivity index is 5.33. The van der Waals surface area contributed by atoms with Crippen LogP contribution in [0.4, 0.5) is 0 Å². The van der Waals surface area contributed by atoms with Gasteiger partial charge < -0.3 is 43.4 Å². The van der Waals surface area contributed by atoms with Crippen molar-refractivity contribution in [3.05, 3.63) is 0 Å². The maximum atomic E-state index is 12.8. The van der Waals surface area contributed by atoms with Crippen molar-refractivity contribution in [3.8, 4) is 0 Å². The van der Waals surface area contributed by atoms with E-state index in [0.29, 0.717) is 12.8 Å². The predicted octanol–water partition coefficient (Wildman–Crippen LogP) is -3.04. The Morgan fingerprint density at radius 1 is 1.03 bits per heavy atom. The van der Waals surface area contributed by atoms with Crippen LogP contribution in [0, 0.1) is 5.92 Å². The first-order valence-corrected chi connectivity index (χ1v) is 9.99. The third kappa shape index (κ3) is 11.1. The highest BCUT2D eigenvalue weighted by Crippen LogP contribution is 2.07. The molecule has 0 saturated carbocycles. The lowest BCUT2D eigenvalue weighted by Crippen LogP contribution is -2.59. The number of aliphatic hydroxyl groups excluding tert-OH is 1. The molecular formula is C18H35N7O6. The number of aliphatic carboxylic acids is 1. The quantitative estimate of drug-likeness (QED) is 0.0769. The fourth-order valence-electron chi connectivity index (χ4n) is 2.48. The first-order valence-electron chi connectivity index (χ1n) is 9.99. The molecule has 31 heavy (non-hydrogen) atoms. The maximum Gasteiger partial charge on any atom is 0.322 e. The molecule has 0 rings (SSSR count). The zero-order valence-electron chi connectivity index (χ0n) is 18.1. The van der Waals surface area contributed by atoms with E-state index in [0.717, 1.165) is 0 Å². The van der Waals surface area contributed by atoms with Crippen LogP contribution < -0.4 is 33.2 Å². The number of rotatable bonds is 14. The summed E-state index contributed by atoms with van der Waals surface area (Å²) in [7, 11) is 0. The van der Waals surface area contributed by atoms with Gasteiger partial charge in [0.2, 0.25) is 17.7 Å². The minimum absolute atomic E-state index is 0.117. The molecule has 0 saturated heterocycles. The number of hydrogen-bond acceptors (Lipinski definition) is 7. The first-order chi connectivity index (χ1) is 14.4. The normalized spacial score (nSPS) is 15.5. The van der Waals surface area contributed by atoms with Gasteiger partial charge >= 0.3 is 5.97 Å². The number of aliphatic hydroxyl groups is 1. The number of carboxylic acids is 1. The van der Waals surface area contributed by atoms with E-state index in [1.54, 1.807) is 6.92 Å². The molecule has 3 amide bonds. The van der Waals surface area contributed by atoms with Crippen molar-refractivity contribution in [2.24, 2.45) is 28.1 Å². The largest absolute Gasteiger partial charge is 0.480 e. The van der Waals surface area contributed by atoms with Crippen LogP contribution in [-0.4, -0.2) is 77.2 Å². The Morgan fingerprint density at radius 2 is 1.65 bits per heavy atom. The molecule has 0 aromatic carbocycles. The summed E-state index contributed by atoms with van der Waals surface area (Å²) in [6, 6.07) is -3.35. The number of amides is 3. The van der Waals surface area contributed by atoms with Crippen LogP contribution in [-0.2, 0) is 19.2 Å². The van der Waals surface area contributed by atoms with Crippen LogP contribution in [0.15, 0.2) is 4.99 Å². The number of carbonyl (C=O) groups is 4. The van der Waals surface area contributed by atoms with Crippen LogP contribution in [0.5, 0.6) is 0 Å². The van der Waals surface area contributed by atoms with Crippen molar-refractivity contribution in [3.63, 3.8) is 0 Å². The number of carboxylic acid groups (broad SMARTS) is 1. The molecule has 0 aliphatic carbocycles. The van der Waals surface area contributed by atoms with Gasteiger partial charge in [-0.05, 0) is 25.7 Å². The lowest BCUT2D eigenvalue weighted by atomic mass is 9.98. The number of hydrogen-bond donors (Lipinski definition) is 8. The van der Waals surface area contributed by atoms with Crippen molar-refractivity contribution in [1.82, 2.24) is 16.0 Å². The monoisotopic (exact) mass is 445 g/mol. The third-order valence-electron chi connectivity index (χ3n) is 4.61. The Kier molecular flexibility index (Phi) is 12.8. The van der Waals surface area contributed by atoms with E-state index in [4.69, 9.17) is 22.3 Å². The number of nitrogens with one attached hydrogen (secondary N) is 3. The smallest absolute Gasteiger partial charge is 0.322 e. The molecule has 5 unspecified atom stereocenters. The summed E-state index contributed by atoms with van der Waals surface area (Å²) in [5, 5.41) is 25.5. The minimum atomic E-state index is -1.42. The molecule has 5 atom stereocenters. The van der Waals surface area contributed by atoms with Gasteiger partial charge in [-0.2, -0.15) is 0 Å². The third-order valence-corrected chi connectivity index (χ3v) is 4.61. The van der Waals surface area contributed by atoms with Crippen LogP contribution in [0.3, 0.4) is 0 Å². The second-order valence-electron chi connectivity index (χ2n) is 7.26. The summed E-state index contributed by atoms with van der Waals surface area (Å²) in [6.45, 7) is 4.46. The summed E-state index contributed by atoms with van der Waals surface area (Å²) in [5.74, 6) is -3.70. The number of nitrogens with two attached hydrogens (primary N) is 3. The molecule has 0 heterocycles. The fraction of sp³-hybridized carbons (Fsp3) is 0.722. The van der Waals surface area contributed by atoms with E-state index in [9.17, 15) is 24.3 Å². The topological polar surface area (TPSA) is 235 Å². The van der Waals surface area contributed by atoms with E-state index < -0.39 is 54.5 Å². The van der Waals surface area contributed by atoms with Gasteiger partial charge in [0.1, 0.15) is 18.6 Å². The summed E-state index contributed by atoms with van der Waals surface area (Å²) in [4.78, 5) is 51.8. The highest BCUT2D eigenvalue weighted by atomic mass is 16.4. The second-order valence-corrected chi connectivity index (χ2v) is 7.26. The molecule has 0 fully saturated rings. The van der Waals surface area contributed by atoms with Gasteiger partial charge in [-0.3, -0.25) is 24.2 Å². The summed E-state index contributed by atoms with van der Waals surface area (Å²) < 4.78 is 0. The minimum Gasteiger partial charge on any atom is -0.480 e. The van der Waals surface area contributed by atoms with Crippen molar-refractivity contribution in [2.45, 2.75) is 64.3 Å². The standard InChI is InChI=1S/C18H35N7O6/c1-4-9(2)13(19)16(30)24-11(6-5-7-22-18(20)21)15(29)25-14(10(3)26)17(31)23-8-12(27)28/h9-11,13-14,26H,4-8,19H2,1-3H3,(H,23,31)(H,24,30)(H,25,29)(H,27,28)(H4,20,21,22). The van der Waals surface area contributed by atoms with Crippen LogP contribution in [0.1, 0.15) is 40.0 Å². The molecule has 13 nitrogen and oxygen atoms in total. The average molecular weight is 446 g/mol. The van der Waals surface area contributed by atoms with Gasteiger partial charge in [-0.25, -0.2) is 0 Å². The molecule has 0 aliphatic heterocycles. The molecule has 178 valence electrons. The zero-order chi connectivity index (χ0) is 24.1. The van der Waals surface area contributed by atoms with E-state index in [1.807, 2.05) is 6.92 Å². The Labute approximate surface area is 181 Å². The highest BCUT2D eigenvalue weighted by Gasteiger charge is 2.31. The van der Waals surface area contributed by atoms with Gasteiger partial charge in [0, 0.05) is 6.54 Å². The number of nitrogens with zero attached hydrogens (tertiary/aromatic N) is 1. The summed E-state index contributed by atoms with van der Waals surface area (Å²) >= 11 is 0. The zero-order valence-corrected chi connectivity index (χ0v) is 18.1. The summed E-state index contributed by atoms with van der Waals surface area (Å²) in [6.07, 6.45) is -0.202. The van der Waals surface area contributed by atoms with Gasteiger partial charge in [-0.1, -0.05) is 20.3 Å². The molecule has 0 radical (unpaired) electrons. The predicted molar refractivity (Wildman–Crippen MR) is 114 cm³/mol. The Morgan fingerprint density at radius 3 is 2.13 bits per heavy atom. The highest BCUT2D eigenvalue weighted by molar-refractivity contribution is 5.94. The Hall–Kier alpha value is -2.93. The van der Waals surface area contributed by atoms with Crippen molar-refractivity contribution in [2.75, 3.05) is 13.1 Å². The van der Waals surface area contributed by atoms with E-state index in [1.165, 1.54) is 6.92 Å². The first kappa shape index (κ1) is 28.1. The van der Waals surface area contributed by atoms with Crippen molar-refractivity contribution in [1.29, 1.82) is 0 Å². The van der Waals surface area contributed by atoms with E-state index >= 15 is 0 Å². The van der Waals surface area contributed by atoms with Gasteiger partial charge in [-0.15, -0.1) is 0 Å². The second kappa shape index (κ2) is 14.1. The van der Waals surface area contributed by atoms with Crippen LogP contribution in [0.2, 0.25) is 0 Å². The van der Waals surface area contributed by atoms with Crippen LogP contribution >= 0.6 is 0 Å². The number of carbonyl (C=O) groups excluding carboxylic acids is 3. The maximum absolute atomic E-state index is 12.8. The molecule has 0 spiro atoms. The average Bonchev–Trinajstić information content (AvgIpc) is 2.70. The fourth-order valence-corrected chi connectivity index (χ4v) is 2.48. The Bertz CT molecular complexity index is 651. The van der Waals surface area contributed by atoms with Crippen molar-refractivity contribution < 1.29 is 29.4 Å². The SMILES string of the molecule is CCC(C)C(N)C(=O)NC(CCCN=C(N)N)C(=O)NC(C(=O)NCC(=O)O)C(C)O. The molecule has 11 N–H and O–H groups in total. The number of aliphatic imine (C=N–C) groups is 1. The lowest BCUT2D eigenvalue weighted by molar-refractivity contribution is -0.139. The van der Waals surface area contributed by atoms with Crippen LogP contribution in [0.25, 0.3) is 0 Å². The summed E-state index contributed by atoms with van der Waals surface area (Å²) in [5.41, 5.74) is 16.5. The van der Waals surface area contributed by atoms with Gasteiger partial charge in [0.25, 0.3) is 0 Å². The van der Waals surface area contributed by atoms with Gasteiger partial charge in [0.15, 0.2) is 5.96 Å². The lowest BCUT2D eigenvalue weighted by Gasteiger charge is -2.26. The number of guanidine groups is 1. The van der Waals surface area contributed by atoms with Gasteiger partial charge in [0.05, 0.1) is 12.1 Å². The molecule has 13 heteroatoms. The molecule has 0 bridgehead atoms. The molecule has 0 aliphatic rings. The van der Waals surface area contributed by atoms with E-state index in [2.05, 4.69) is 20.9 Å². The molecule has 0 aromatic rings. The molecular weight excluding hydrogens is 410 g/mol. The van der Waals surface area contributed by atoms with Crippen molar-refractivity contribution >= 4 is 29.7 Å².